The average molecular weight is 359 g/mol. The topological polar surface area (TPSA) is 106 Å². The molecule has 1 saturated heterocycles. The van der Waals surface area contributed by atoms with Gasteiger partial charge in [-0.2, -0.15) is 0 Å². The van der Waals surface area contributed by atoms with E-state index in [0.717, 1.165) is 25.1 Å². The minimum Gasteiger partial charge on any atom is -0.384 e. The third kappa shape index (κ3) is 3.24. The number of likely N-dealkylation sites (tertiary alicyclic amines) is 1. The molecule has 1 aliphatic heterocycles. The second kappa shape index (κ2) is 7.33. The Morgan fingerprint density at radius 3 is 2.81 bits per heavy atom. The number of aromatic amines is 1. The fraction of sp³-hybridized carbons (Fsp3) is 0.500. The van der Waals surface area contributed by atoms with Crippen molar-refractivity contribution in [1.82, 2.24) is 19.0 Å². The van der Waals surface area contributed by atoms with Crippen molar-refractivity contribution in [2.45, 2.75) is 38.8 Å². The molecule has 2 aromatic rings. The van der Waals surface area contributed by atoms with Crippen molar-refractivity contribution in [3.8, 4) is 0 Å². The van der Waals surface area contributed by atoms with Gasteiger partial charge in [0.1, 0.15) is 11.4 Å². The maximum absolute atomic E-state index is 12.8. The second-order valence-electron chi connectivity index (χ2n) is 6.77. The predicted molar refractivity (Wildman–Crippen MR) is 99.3 cm³/mol. The standard InChI is InChI=1S/C18H25N5O3/c1-3-8-23-16(19)15(17(25)20-18(23)26)14(24)11-22-10-5-7-13(22)12-6-4-9-21(12)2/h4,6,9,13H,3,5,7-8,10-11,19H2,1-2H3,(H,20,25,26)/t13-/m1/s1. The number of rotatable bonds is 6. The smallest absolute Gasteiger partial charge is 0.329 e. The van der Waals surface area contributed by atoms with Gasteiger partial charge in [-0.05, 0) is 37.9 Å². The summed E-state index contributed by atoms with van der Waals surface area (Å²) in [4.78, 5) is 41.3. The van der Waals surface area contributed by atoms with Gasteiger partial charge in [0, 0.05) is 25.5 Å². The minimum absolute atomic E-state index is 0.0415. The van der Waals surface area contributed by atoms with Crippen molar-refractivity contribution in [2.24, 2.45) is 7.05 Å². The van der Waals surface area contributed by atoms with Crippen LogP contribution in [0.15, 0.2) is 27.9 Å². The van der Waals surface area contributed by atoms with E-state index in [9.17, 15) is 14.4 Å². The Bertz CT molecular complexity index is 924. The molecule has 2 aromatic heterocycles. The van der Waals surface area contributed by atoms with Crippen molar-refractivity contribution in [3.63, 3.8) is 0 Å². The van der Waals surface area contributed by atoms with E-state index < -0.39 is 11.2 Å². The zero-order chi connectivity index (χ0) is 18.8. The van der Waals surface area contributed by atoms with Gasteiger partial charge in [0.2, 0.25) is 0 Å². The van der Waals surface area contributed by atoms with Crippen LogP contribution in [0, 0.1) is 0 Å². The molecule has 0 aromatic carbocycles. The highest BCUT2D eigenvalue weighted by Gasteiger charge is 2.30. The van der Waals surface area contributed by atoms with Crippen LogP contribution >= 0.6 is 0 Å². The molecule has 140 valence electrons. The number of ketones is 1. The number of nitrogen functional groups attached to an aromatic ring is 1. The Balaban J connectivity index is 1.89. The number of H-pyrrole nitrogens is 1. The van der Waals surface area contributed by atoms with E-state index in [0.29, 0.717) is 13.0 Å². The first-order valence-corrected chi connectivity index (χ1v) is 8.95. The lowest BCUT2D eigenvalue weighted by Crippen LogP contribution is -2.39. The SMILES string of the molecule is CCCn1c(N)c(C(=O)CN2CCC[C@@H]2c2cccn2C)c(=O)[nH]c1=O. The molecule has 8 nitrogen and oxygen atoms in total. The number of aryl methyl sites for hydroxylation is 1. The van der Waals surface area contributed by atoms with Crippen LogP contribution in [0.25, 0.3) is 0 Å². The summed E-state index contributed by atoms with van der Waals surface area (Å²) in [5, 5.41) is 0. The zero-order valence-corrected chi connectivity index (χ0v) is 15.2. The molecule has 3 N–H and O–H groups in total. The number of Topliss-reactive ketones (excluding diaryl/α,β-unsaturated/α-hetero) is 1. The van der Waals surface area contributed by atoms with Crippen LogP contribution in [0.3, 0.4) is 0 Å². The van der Waals surface area contributed by atoms with E-state index in [-0.39, 0.29) is 29.8 Å². The second-order valence-corrected chi connectivity index (χ2v) is 6.77. The van der Waals surface area contributed by atoms with Gasteiger partial charge < -0.3 is 10.3 Å². The molecule has 0 bridgehead atoms. The Labute approximate surface area is 151 Å². The van der Waals surface area contributed by atoms with Crippen LogP contribution in [-0.4, -0.2) is 37.9 Å². The Kier molecular flexibility index (Phi) is 5.13. The summed E-state index contributed by atoms with van der Waals surface area (Å²) in [6.07, 6.45) is 4.61. The van der Waals surface area contributed by atoms with Gasteiger partial charge in [0.05, 0.1) is 12.6 Å². The largest absolute Gasteiger partial charge is 0.384 e. The molecule has 3 rings (SSSR count). The molecule has 1 fully saturated rings. The van der Waals surface area contributed by atoms with Gasteiger partial charge in [0.15, 0.2) is 5.78 Å². The Morgan fingerprint density at radius 1 is 1.38 bits per heavy atom. The van der Waals surface area contributed by atoms with Crippen molar-refractivity contribution in [2.75, 3.05) is 18.8 Å². The Morgan fingerprint density at radius 2 is 2.15 bits per heavy atom. The molecule has 8 heteroatoms. The molecule has 0 spiro atoms. The third-order valence-corrected chi connectivity index (χ3v) is 5.00. The fourth-order valence-corrected chi connectivity index (χ4v) is 3.74. The molecule has 0 amide bonds. The normalized spacial score (nSPS) is 17.7. The maximum atomic E-state index is 12.8. The fourth-order valence-electron chi connectivity index (χ4n) is 3.74. The van der Waals surface area contributed by atoms with E-state index in [1.54, 1.807) is 0 Å². The number of hydrogen-bond donors (Lipinski definition) is 2. The van der Waals surface area contributed by atoms with E-state index >= 15 is 0 Å². The zero-order valence-electron chi connectivity index (χ0n) is 15.2. The summed E-state index contributed by atoms with van der Waals surface area (Å²) in [5.41, 5.74) is 5.75. The van der Waals surface area contributed by atoms with Crippen LogP contribution in [0.5, 0.6) is 0 Å². The monoisotopic (exact) mass is 359 g/mol. The van der Waals surface area contributed by atoms with Crippen molar-refractivity contribution in [3.05, 3.63) is 50.4 Å². The van der Waals surface area contributed by atoms with Gasteiger partial charge in [0.25, 0.3) is 5.56 Å². The van der Waals surface area contributed by atoms with Crippen molar-refractivity contribution >= 4 is 11.6 Å². The highest BCUT2D eigenvalue weighted by molar-refractivity contribution is 6.01. The lowest BCUT2D eigenvalue weighted by molar-refractivity contribution is 0.0918. The van der Waals surface area contributed by atoms with E-state index in [1.807, 2.05) is 26.2 Å². The number of anilines is 1. The number of nitrogens with one attached hydrogen (secondary N) is 1. The summed E-state index contributed by atoms with van der Waals surface area (Å²) < 4.78 is 3.31. The number of nitrogens with two attached hydrogens (primary N) is 1. The van der Waals surface area contributed by atoms with Crippen LogP contribution < -0.4 is 17.0 Å². The molecule has 26 heavy (non-hydrogen) atoms. The number of aromatic nitrogens is 3. The van der Waals surface area contributed by atoms with Gasteiger partial charge in [-0.3, -0.25) is 24.0 Å². The lowest BCUT2D eigenvalue weighted by atomic mass is 10.1. The van der Waals surface area contributed by atoms with Gasteiger partial charge in [-0.25, -0.2) is 4.79 Å². The first-order chi connectivity index (χ1) is 12.4. The van der Waals surface area contributed by atoms with Gasteiger partial charge in [-0.1, -0.05) is 6.92 Å². The van der Waals surface area contributed by atoms with E-state index in [2.05, 4.69) is 20.5 Å². The molecule has 1 aliphatic rings. The first-order valence-electron chi connectivity index (χ1n) is 8.95. The molecular formula is C18H25N5O3. The summed E-state index contributed by atoms with van der Waals surface area (Å²) >= 11 is 0. The number of hydrogen-bond acceptors (Lipinski definition) is 5. The third-order valence-electron chi connectivity index (χ3n) is 5.00. The molecule has 0 aliphatic carbocycles. The van der Waals surface area contributed by atoms with Crippen LogP contribution in [0.4, 0.5) is 5.82 Å². The molecule has 3 heterocycles. The molecular weight excluding hydrogens is 334 g/mol. The average Bonchev–Trinajstić information content (AvgIpc) is 3.19. The number of carbonyl (C=O) groups is 1. The van der Waals surface area contributed by atoms with E-state index in [1.165, 1.54) is 4.57 Å². The van der Waals surface area contributed by atoms with Crippen LogP contribution in [-0.2, 0) is 13.6 Å². The summed E-state index contributed by atoms with van der Waals surface area (Å²) in [5.74, 6) is -0.394. The molecule has 0 radical (unpaired) electrons. The quantitative estimate of drug-likeness (QED) is 0.745. The number of nitrogens with zero attached hydrogens (tertiary/aromatic N) is 3. The van der Waals surface area contributed by atoms with E-state index in [4.69, 9.17) is 5.73 Å². The minimum atomic E-state index is -0.709. The predicted octanol–water partition coefficient (Wildman–Crippen LogP) is 0.887. The molecule has 0 unspecified atom stereocenters. The van der Waals surface area contributed by atoms with Gasteiger partial charge >= 0.3 is 5.69 Å². The maximum Gasteiger partial charge on any atom is 0.329 e. The summed E-state index contributed by atoms with van der Waals surface area (Å²) in [7, 11) is 1.98. The molecule has 1 atom stereocenters. The highest BCUT2D eigenvalue weighted by Crippen LogP contribution is 2.31. The van der Waals surface area contributed by atoms with Crippen LogP contribution in [0.2, 0.25) is 0 Å². The number of carbonyl (C=O) groups excluding carboxylic acids is 1. The summed E-state index contributed by atoms with van der Waals surface area (Å²) in [6, 6.07) is 4.17. The summed E-state index contributed by atoms with van der Waals surface area (Å²) in [6.45, 7) is 3.14. The van der Waals surface area contributed by atoms with Crippen molar-refractivity contribution in [1.29, 1.82) is 0 Å². The Hall–Kier alpha value is -2.61. The van der Waals surface area contributed by atoms with Gasteiger partial charge in [-0.15, -0.1) is 0 Å². The van der Waals surface area contributed by atoms with Crippen molar-refractivity contribution < 1.29 is 4.79 Å². The lowest BCUT2D eigenvalue weighted by Gasteiger charge is -2.24. The molecule has 0 saturated carbocycles. The highest BCUT2D eigenvalue weighted by atomic mass is 16.2. The van der Waals surface area contributed by atoms with Crippen LogP contribution in [0.1, 0.15) is 48.3 Å². The first kappa shape index (κ1) is 18.2.